The first kappa shape index (κ1) is 26.9. The van der Waals surface area contributed by atoms with Crippen molar-refractivity contribution in [2.75, 3.05) is 6.61 Å². The number of carboxylic acid groups (broad SMARTS) is 1. The van der Waals surface area contributed by atoms with Crippen molar-refractivity contribution >= 4 is 24.0 Å². The maximum atomic E-state index is 11.5. The lowest BCUT2D eigenvalue weighted by Gasteiger charge is -2.22. The van der Waals surface area contributed by atoms with Gasteiger partial charge in [0, 0.05) is 13.3 Å². The molecular formula is C18H33NO8. The maximum absolute atomic E-state index is 11.5. The van der Waals surface area contributed by atoms with Gasteiger partial charge in [-0.3, -0.25) is 9.59 Å². The van der Waals surface area contributed by atoms with Crippen LogP contribution in [-0.4, -0.2) is 53.0 Å². The second-order valence-corrected chi connectivity index (χ2v) is 7.59. The van der Waals surface area contributed by atoms with E-state index in [1.165, 1.54) is 6.92 Å². The van der Waals surface area contributed by atoms with E-state index in [0.29, 0.717) is 6.61 Å². The van der Waals surface area contributed by atoms with Gasteiger partial charge in [-0.05, 0) is 54.9 Å². The van der Waals surface area contributed by atoms with E-state index >= 15 is 0 Å². The molecule has 2 N–H and O–H groups in total. The van der Waals surface area contributed by atoms with E-state index in [9.17, 15) is 19.2 Å². The van der Waals surface area contributed by atoms with Gasteiger partial charge in [0.15, 0.2) is 0 Å². The van der Waals surface area contributed by atoms with Crippen LogP contribution in [0.1, 0.15) is 68.2 Å². The van der Waals surface area contributed by atoms with Gasteiger partial charge in [-0.1, -0.05) is 0 Å². The van der Waals surface area contributed by atoms with Gasteiger partial charge in [-0.25, -0.2) is 9.59 Å². The van der Waals surface area contributed by atoms with E-state index < -0.39 is 35.3 Å². The molecule has 1 atom stereocenters. The molecule has 0 aliphatic heterocycles. The molecule has 9 nitrogen and oxygen atoms in total. The normalized spacial score (nSPS) is 12.0. The lowest BCUT2D eigenvalue weighted by atomic mass is 10.1. The molecule has 0 saturated carbocycles. The SMILES string of the molecule is CC(C)(C)OC(=O)CCC(NC(=O)OC(C)(C)C)C(=O)O.CCOC(C)=O. The van der Waals surface area contributed by atoms with Gasteiger partial charge >= 0.3 is 24.0 Å². The van der Waals surface area contributed by atoms with Crippen molar-refractivity contribution in [2.24, 2.45) is 0 Å². The van der Waals surface area contributed by atoms with E-state index in [1.54, 1.807) is 48.5 Å². The third-order valence-corrected chi connectivity index (χ3v) is 2.39. The average Bonchev–Trinajstić information content (AvgIpc) is 2.39. The number of ether oxygens (including phenoxy) is 3. The van der Waals surface area contributed by atoms with Crippen LogP contribution in [-0.2, 0) is 28.6 Å². The molecule has 0 rings (SSSR count). The third kappa shape index (κ3) is 19.8. The van der Waals surface area contributed by atoms with Crippen LogP contribution in [0.5, 0.6) is 0 Å². The Morgan fingerprint density at radius 3 is 1.74 bits per heavy atom. The maximum Gasteiger partial charge on any atom is 0.408 e. The van der Waals surface area contributed by atoms with Crippen molar-refractivity contribution in [2.45, 2.75) is 85.5 Å². The smallest absolute Gasteiger partial charge is 0.408 e. The number of alkyl carbamates (subject to hydrolysis) is 1. The zero-order valence-corrected chi connectivity index (χ0v) is 17.5. The fourth-order valence-corrected chi connectivity index (χ4v) is 1.57. The summed E-state index contributed by atoms with van der Waals surface area (Å²) in [5, 5.41) is 11.3. The van der Waals surface area contributed by atoms with E-state index in [-0.39, 0.29) is 18.8 Å². The molecule has 158 valence electrons. The first-order valence-corrected chi connectivity index (χ1v) is 8.65. The van der Waals surface area contributed by atoms with Crippen molar-refractivity contribution in [3.63, 3.8) is 0 Å². The number of aliphatic carboxylic acids is 1. The number of esters is 2. The molecule has 0 spiro atoms. The minimum atomic E-state index is -1.23. The third-order valence-electron chi connectivity index (χ3n) is 2.39. The molecule has 0 radical (unpaired) electrons. The van der Waals surface area contributed by atoms with E-state index in [1.807, 2.05) is 0 Å². The first-order valence-electron chi connectivity index (χ1n) is 8.65. The second-order valence-electron chi connectivity index (χ2n) is 7.59. The molecular weight excluding hydrogens is 358 g/mol. The Kier molecular flexibility index (Phi) is 12.1. The van der Waals surface area contributed by atoms with E-state index in [2.05, 4.69) is 10.1 Å². The second kappa shape index (κ2) is 12.1. The summed E-state index contributed by atoms with van der Waals surface area (Å²) in [6.45, 7) is 13.8. The molecule has 0 aromatic heterocycles. The van der Waals surface area contributed by atoms with Crippen LogP contribution in [0.4, 0.5) is 4.79 Å². The summed E-state index contributed by atoms with van der Waals surface area (Å²) in [5.41, 5.74) is -1.35. The van der Waals surface area contributed by atoms with E-state index in [4.69, 9.17) is 14.6 Å². The number of carbonyl (C=O) groups excluding carboxylic acids is 3. The Bertz CT molecular complexity index is 502. The predicted octanol–water partition coefficient (Wildman–Crippen LogP) is 2.66. The molecule has 0 heterocycles. The number of amides is 1. The summed E-state index contributed by atoms with van der Waals surface area (Å²) >= 11 is 0. The number of hydrogen-bond acceptors (Lipinski definition) is 7. The summed E-state index contributed by atoms with van der Waals surface area (Å²) in [4.78, 5) is 44.0. The van der Waals surface area contributed by atoms with Crippen molar-refractivity contribution in [1.29, 1.82) is 0 Å². The zero-order chi connectivity index (χ0) is 21.8. The van der Waals surface area contributed by atoms with Gasteiger partial charge in [0.1, 0.15) is 17.2 Å². The number of carboxylic acids is 1. The van der Waals surface area contributed by atoms with Crippen molar-refractivity contribution < 1.29 is 38.5 Å². The lowest BCUT2D eigenvalue weighted by Crippen LogP contribution is -2.43. The summed E-state index contributed by atoms with van der Waals surface area (Å²) in [6, 6.07) is -1.20. The van der Waals surface area contributed by atoms with Crippen LogP contribution in [0.3, 0.4) is 0 Å². The molecule has 1 amide bonds. The van der Waals surface area contributed by atoms with Gasteiger partial charge in [0.25, 0.3) is 0 Å². The Morgan fingerprint density at radius 2 is 1.44 bits per heavy atom. The highest BCUT2D eigenvalue weighted by Gasteiger charge is 2.25. The van der Waals surface area contributed by atoms with Gasteiger partial charge in [0.05, 0.1) is 6.61 Å². The summed E-state index contributed by atoms with van der Waals surface area (Å²) in [5.74, 6) is -1.96. The molecule has 0 fully saturated rings. The average molecular weight is 391 g/mol. The molecule has 0 aliphatic carbocycles. The minimum Gasteiger partial charge on any atom is -0.480 e. The Morgan fingerprint density at radius 1 is 0.963 bits per heavy atom. The Balaban J connectivity index is 0. The standard InChI is InChI=1S/C14H25NO6.C4H8O2/c1-13(2,3)20-10(16)8-7-9(11(17)18)15-12(19)21-14(4,5)6;1-3-6-4(2)5/h9H,7-8H2,1-6H3,(H,15,19)(H,17,18);3H2,1-2H3. The van der Waals surface area contributed by atoms with Crippen LogP contribution in [0.15, 0.2) is 0 Å². The number of rotatable bonds is 6. The highest BCUT2D eigenvalue weighted by Crippen LogP contribution is 2.11. The van der Waals surface area contributed by atoms with Gasteiger partial charge in [-0.2, -0.15) is 0 Å². The fourth-order valence-electron chi connectivity index (χ4n) is 1.57. The number of nitrogens with one attached hydrogen (secondary N) is 1. The van der Waals surface area contributed by atoms with Gasteiger partial charge in [-0.15, -0.1) is 0 Å². The topological polar surface area (TPSA) is 128 Å². The molecule has 0 saturated heterocycles. The first-order chi connectivity index (χ1) is 12.1. The fraction of sp³-hybridized carbons (Fsp3) is 0.778. The van der Waals surface area contributed by atoms with Crippen LogP contribution in [0.25, 0.3) is 0 Å². The Hall–Kier alpha value is -2.32. The quantitative estimate of drug-likeness (QED) is 0.522. The monoisotopic (exact) mass is 391 g/mol. The lowest BCUT2D eigenvalue weighted by molar-refractivity contribution is -0.155. The van der Waals surface area contributed by atoms with Crippen LogP contribution < -0.4 is 5.32 Å². The zero-order valence-electron chi connectivity index (χ0n) is 17.5. The predicted molar refractivity (Wildman–Crippen MR) is 98.2 cm³/mol. The summed E-state index contributed by atoms with van der Waals surface area (Å²) in [7, 11) is 0. The van der Waals surface area contributed by atoms with Crippen LogP contribution >= 0.6 is 0 Å². The number of hydrogen-bond donors (Lipinski definition) is 2. The van der Waals surface area contributed by atoms with E-state index in [0.717, 1.165) is 0 Å². The molecule has 1 unspecified atom stereocenters. The van der Waals surface area contributed by atoms with Gasteiger partial charge in [0.2, 0.25) is 0 Å². The van der Waals surface area contributed by atoms with Crippen molar-refractivity contribution in [3.8, 4) is 0 Å². The molecule has 0 aromatic carbocycles. The molecule has 0 aliphatic rings. The van der Waals surface area contributed by atoms with Crippen LogP contribution in [0, 0.1) is 0 Å². The minimum absolute atomic E-state index is 0.0660. The summed E-state index contributed by atoms with van der Waals surface area (Å²) in [6.07, 6.45) is -1.01. The molecule has 9 heteroatoms. The highest BCUT2D eigenvalue weighted by molar-refractivity contribution is 5.81. The van der Waals surface area contributed by atoms with Crippen molar-refractivity contribution in [3.05, 3.63) is 0 Å². The number of carbonyl (C=O) groups is 4. The Labute approximate surface area is 160 Å². The summed E-state index contributed by atoms with van der Waals surface area (Å²) < 4.78 is 14.5. The molecule has 0 aromatic rings. The van der Waals surface area contributed by atoms with Crippen LogP contribution in [0.2, 0.25) is 0 Å². The highest BCUT2D eigenvalue weighted by atomic mass is 16.6. The van der Waals surface area contributed by atoms with Crippen molar-refractivity contribution in [1.82, 2.24) is 5.32 Å². The molecule has 0 bridgehead atoms. The largest absolute Gasteiger partial charge is 0.480 e. The van der Waals surface area contributed by atoms with Gasteiger partial charge < -0.3 is 24.6 Å². The molecule has 27 heavy (non-hydrogen) atoms.